The molecule has 0 heterocycles. The van der Waals surface area contributed by atoms with E-state index in [2.05, 4.69) is 0 Å². The van der Waals surface area contributed by atoms with E-state index in [1.165, 1.54) is 12.2 Å². The Morgan fingerprint density at radius 3 is 0.710 bits per heavy atom. The number of carbonyl (C=O) groups excluding carboxylic acids is 5. The fraction of sp³-hybridized carbons (Fsp3) is 0. The number of benzene rings is 10. The van der Waals surface area contributed by atoms with Crippen LogP contribution < -0.4 is 0 Å². The van der Waals surface area contributed by atoms with E-state index in [1.807, 2.05) is 328 Å². The molecule has 0 spiro atoms. The first kappa shape index (κ1) is 73.7. The molecule has 93 heavy (non-hydrogen) atoms. The van der Waals surface area contributed by atoms with Crippen molar-refractivity contribution < 1.29 is 85.2 Å². The van der Waals surface area contributed by atoms with Gasteiger partial charge >= 0.3 is 0 Å². The molecule has 0 saturated heterocycles. The van der Waals surface area contributed by atoms with Gasteiger partial charge in [0.15, 0.2) is 28.9 Å². The van der Waals surface area contributed by atoms with Crippen LogP contribution in [-0.2, 0) is 85.2 Å². The second-order valence-corrected chi connectivity index (χ2v) is 20.2. The summed E-state index contributed by atoms with van der Waals surface area (Å²) in [5.41, 5.74) is 10.4. The summed E-state index contributed by atoms with van der Waals surface area (Å²) in [4.78, 5) is 66.1. The molecule has 466 valence electrons. The molecular formula is C85H66O5Pd3. The van der Waals surface area contributed by atoms with Crippen LogP contribution in [0.25, 0.3) is 66.3 Å². The van der Waals surface area contributed by atoms with Crippen molar-refractivity contribution in [2.24, 2.45) is 0 Å². The summed E-state index contributed by atoms with van der Waals surface area (Å²) >= 11 is 0. The van der Waals surface area contributed by atoms with Gasteiger partial charge in [-0.3, -0.25) is 24.0 Å². The molecule has 0 fully saturated rings. The van der Waals surface area contributed by atoms with Gasteiger partial charge in [-0.05, 0) is 122 Å². The Hall–Kier alpha value is -10.1. The van der Waals surface area contributed by atoms with Crippen molar-refractivity contribution in [1.82, 2.24) is 0 Å². The molecule has 0 radical (unpaired) electrons. The minimum atomic E-state index is -0.360. The Kier molecular flexibility index (Phi) is 33.3. The van der Waals surface area contributed by atoms with E-state index >= 15 is 0 Å². The standard InChI is InChI=1S/C51H38O3.2C17H14O.3Pd/c52-49(33-30-39-18-6-1-7-19-39)46(36-42-24-12-4-13-25-42)45-29-17-16-28-44(45)38-48(51(54)35-32-41-22-10-3-11-23-41)47(37-43-26-14-5-15-27-43)50(53)34-31-40-20-8-2-9-21-40;2*18-17(13-11-15-7-3-1-4-8-15)14-12-16-9-5-2-6-10-16;;;/h1-38H;2*1-14H;;;. The molecule has 10 rings (SSSR count). The van der Waals surface area contributed by atoms with Crippen LogP contribution in [-0.4, -0.2) is 28.9 Å². The number of ketones is 5. The van der Waals surface area contributed by atoms with Crippen molar-refractivity contribution in [3.8, 4) is 0 Å². The Balaban J connectivity index is 0.000000326. The van der Waals surface area contributed by atoms with Crippen molar-refractivity contribution >= 4 is 95.2 Å². The van der Waals surface area contributed by atoms with Crippen molar-refractivity contribution in [3.63, 3.8) is 0 Å². The van der Waals surface area contributed by atoms with Gasteiger partial charge < -0.3 is 0 Å². The zero-order valence-corrected chi connectivity index (χ0v) is 55.3. The van der Waals surface area contributed by atoms with E-state index < -0.39 is 0 Å². The Labute approximate surface area is 587 Å². The second-order valence-electron chi connectivity index (χ2n) is 20.2. The van der Waals surface area contributed by atoms with Crippen LogP contribution in [0, 0.1) is 0 Å². The molecule has 0 aromatic heterocycles. The van der Waals surface area contributed by atoms with Gasteiger partial charge in [-0.25, -0.2) is 0 Å². The molecule has 0 bridgehead atoms. The molecule has 5 nitrogen and oxygen atoms in total. The van der Waals surface area contributed by atoms with Gasteiger partial charge in [-0.15, -0.1) is 0 Å². The second kappa shape index (κ2) is 42.1. The van der Waals surface area contributed by atoms with E-state index in [4.69, 9.17) is 0 Å². The van der Waals surface area contributed by atoms with Crippen LogP contribution in [0.1, 0.15) is 61.2 Å². The Morgan fingerprint density at radius 1 is 0.204 bits per heavy atom. The van der Waals surface area contributed by atoms with Gasteiger partial charge in [-0.2, -0.15) is 0 Å². The third-order valence-electron chi connectivity index (χ3n) is 13.5. The van der Waals surface area contributed by atoms with E-state index in [9.17, 15) is 24.0 Å². The van der Waals surface area contributed by atoms with Gasteiger partial charge in [0.1, 0.15) is 0 Å². The maximum atomic E-state index is 14.4. The van der Waals surface area contributed by atoms with Crippen molar-refractivity contribution in [3.05, 3.63) is 412 Å². The molecule has 8 heteroatoms. The fourth-order valence-electron chi connectivity index (χ4n) is 8.86. The Bertz CT molecular complexity index is 4040. The third kappa shape index (κ3) is 26.7. The summed E-state index contributed by atoms with van der Waals surface area (Å²) in [5, 5.41) is 0. The molecule has 0 N–H and O–H groups in total. The monoisotopic (exact) mass is 1480 g/mol. The number of allylic oxidation sites excluding steroid dienone is 10. The van der Waals surface area contributed by atoms with Gasteiger partial charge in [-0.1, -0.05) is 340 Å². The minimum absolute atomic E-state index is 0. The molecule has 0 aliphatic rings. The maximum absolute atomic E-state index is 14.4. The van der Waals surface area contributed by atoms with Gasteiger partial charge in [0.05, 0.1) is 0 Å². The van der Waals surface area contributed by atoms with Crippen LogP contribution in [0.2, 0.25) is 0 Å². The smallest absolute Gasteiger partial charge is 0.186 e. The molecule has 10 aromatic carbocycles. The zero-order chi connectivity index (χ0) is 62.6. The molecule has 0 unspecified atom stereocenters. The Morgan fingerprint density at radius 2 is 0.419 bits per heavy atom. The number of rotatable bonds is 22. The topological polar surface area (TPSA) is 85.3 Å². The van der Waals surface area contributed by atoms with Crippen LogP contribution in [0.3, 0.4) is 0 Å². The predicted octanol–water partition coefficient (Wildman–Crippen LogP) is 19.5. The summed E-state index contributed by atoms with van der Waals surface area (Å²) in [5.74, 6) is -0.927. The van der Waals surface area contributed by atoms with E-state index in [1.54, 1.807) is 60.8 Å². The summed E-state index contributed by atoms with van der Waals surface area (Å²) < 4.78 is 0. The predicted molar refractivity (Wildman–Crippen MR) is 377 cm³/mol. The fourth-order valence-corrected chi connectivity index (χ4v) is 8.86. The van der Waals surface area contributed by atoms with Crippen molar-refractivity contribution in [2.75, 3.05) is 0 Å². The molecule has 0 saturated carbocycles. The van der Waals surface area contributed by atoms with Gasteiger partial charge in [0, 0.05) is 78.0 Å². The van der Waals surface area contributed by atoms with Gasteiger partial charge in [0.25, 0.3) is 0 Å². The molecule has 0 atom stereocenters. The first-order valence-corrected chi connectivity index (χ1v) is 29.4. The number of carbonyl (C=O) groups is 5. The zero-order valence-electron chi connectivity index (χ0n) is 50.6. The molecule has 10 aromatic rings. The van der Waals surface area contributed by atoms with E-state index in [0.29, 0.717) is 16.7 Å². The first-order valence-electron chi connectivity index (χ1n) is 29.4. The molecule has 0 amide bonds. The van der Waals surface area contributed by atoms with Crippen molar-refractivity contribution in [1.29, 1.82) is 0 Å². The summed E-state index contributed by atoms with van der Waals surface area (Å²) in [6.07, 6.45) is 28.7. The minimum Gasteiger partial charge on any atom is -0.290 e. The quantitative estimate of drug-likeness (QED) is 0.0292. The number of hydrogen-bond acceptors (Lipinski definition) is 5. The molecule has 0 aliphatic carbocycles. The maximum Gasteiger partial charge on any atom is 0.186 e. The van der Waals surface area contributed by atoms with E-state index in [0.717, 1.165) is 50.1 Å². The average molecular weight is 1490 g/mol. The van der Waals surface area contributed by atoms with Crippen LogP contribution in [0.5, 0.6) is 0 Å². The summed E-state index contributed by atoms with van der Waals surface area (Å²) in [6.45, 7) is 0. The summed E-state index contributed by atoms with van der Waals surface area (Å²) in [7, 11) is 0. The summed E-state index contributed by atoms with van der Waals surface area (Å²) in [6, 6.07) is 94.4. The third-order valence-corrected chi connectivity index (χ3v) is 13.5. The first-order chi connectivity index (χ1) is 44.2. The molecule has 0 aliphatic heterocycles. The average Bonchev–Trinajstić information content (AvgIpc) is 0.869. The molecular weight excluding hydrogens is 1420 g/mol. The van der Waals surface area contributed by atoms with Crippen LogP contribution >= 0.6 is 0 Å². The van der Waals surface area contributed by atoms with Crippen molar-refractivity contribution in [2.45, 2.75) is 0 Å². The van der Waals surface area contributed by atoms with Gasteiger partial charge in [0.2, 0.25) is 0 Å². The normalized spacial score (nSPS) is 11.5. The van der Waals surface area contributed by atoms with E-state index in [-0.39, 0.29) is 101 Å². The van der Waals surface area contributed by atoms with Crippen LogP contribution in [0.15, 0.2) is 351 Å². The SMILES string of the molecule is O=C(C=Cc1ccccc1)C(=Cc1ccccc1)C(=Cc1ccccc1C(=Cc1ccccc1)C(=O)C=Cc1ccccc1)C(=O)C=Cc1ccccc1.O=C(C=Cc1ccccc1)C=Cc1ccccc1.O=C(C=Cc1ccccc1)C=Cc1ccccc1.[Pd].[Pd].[Pd]. The number of hydrogen-bond donors (Lipinski definition) is 0. The van der Waals surface area contributed by atoms with Crippen LogP contribution in [0.4, 0.5) is 0 Å². The largest absolute Gasteiger partial charge is 0.290 e.